The van der Waals surface area contributed by atoms with Crippen molar-refractivity contribution in [1.29, 1.82) is 0 Å². The van der Waals surface area contributed by atoms with Crippen molar-refractivity contribution in [3.8, 4) is 12.3 Å². The van der Waals surface area contributed by atoms with Gasteiger partial charge in [0.1, 0.15) is 11.6 Å². The van der Waals surface area contributed by atoms with Gasteiger partial charge >= 0.3 is 0 Å². The molecule has 0 aliphatic rings. The first kappa shape index (κ1) is 11.2. The standard InChI is InChI=1S/C10H8BrF2N/c1-3-9(14-2)10-7(12)4-6(11)5-8(10)13/h1,4-5,9,14H,2H3. The highest BCUT2D eigenvalue weighted by Gasteiger charge is 2.17. The summed E-state index contributed by atoms with van der Waals surface area (Å²) in [7, 11) is 1.55. The minimum atomic E-state index is -0.747. The highest BCUT2D eigenvalue weighted by atomic mass is 79.9. The van der Waals surface area contributed by atoms with E-state index in [2.05, 4.69) is 27.2 Å². The van der Waals surface area contributed by atoms with Crippen LogP contribution in [0, 0.1) is 24.0 Å². The van der Waals surface area contributed by atoms with Crippen LogP contribution in [0.15, 0.2) is 16.6 Å². The van der Waals surface area contributed by atoms with Crippen molar-refractivity contribution in [1.82, 2.24) is 5.32 Å². The van der Waals surface area contributed by atoms with E-state index in [9.17, 15) is 8.78 Å². The van der Waals surface area contributed by atoms with Gasteiger partial charge in [-0.2, -0.15) is 0 Å². The number of hydrogen-bond donors (Lipinski definition) is 1. The van der Waals surface area contributed by atoms with Crippen LogP contribution >= 0.6 is 15.9 Å². The summed E-state index contributed by atoms with van der Waals surface area (Å²) in [6.07, 6.45) is 5.13. The van der Waals surface area contributed by atoms with Crippen LogP contribution in [0.4, 0.5) is 8.78 Å². The Labute approximate surface area is 89.6 Å². The Morgan fingerprint density at radius 3 is 2.29 bits per heavy atom. The van der Waals surface area contributed by atoms with Gasteiger partial charge in [-0.3, -0.25) is 0 Å². The predicted molar refractivity (Wildman–Crippen MR) is 54.7 cm³/mol. The molecule has 0 spiro atoms. The highest BCUT2D eigenvalue weighted by Crippen LogP contribution is 2.24. The maximum Gasteiger partial charge on any atom is 0.133 e. The minimum Gasteiger partial charge on any atom is -0.303 e. The van der Waals surface area contributed by atoms with Crippen LogP contribution in [0.2, 0.25) is 0 Å². The summed E-state index contributed by atoms with van der Waals surface area (Å²) in [4.78, 5) is 0. The van der Waals surface area contributed by atoms with Gasteiger partial charge in [-0.15, -0.1) is 6.42 Å². The number of halogens is 3. The zero-order valence-electron chi connectivity index (χ0n) is 7.44. The molecule has 1 atom stereocenters. The van der Waals surface area contributed by atoms with E-state index in [1.54, 1.807) is 7.05 Å². The van der Waals surface area contributed by atoms with Crippen molar-refractivity contribution in [2.75, 3.05) is 7.05 Å². The third kappa shape index (κ3) is 2.11. The Hall–Kier alpha value is -0.920. The molecule has 1 aromatic carbocycles. The Kier molecular flexibility index (Phi) is 3.62. The second-order valence-corrected chi connectivity index (χ2v) is 3.59. The molecule has 74 valence electrons. The van der Waals surface area contributed by atoms with Crippen LogP contribution in [-0.4, -0.2) is 7.05 Å². The molecule has 0 radical (unpaired) electrons. The van der Waals surface area contributed by atoms with E-state index in [-0.39, 0.29) is 5.56 Å². The third-order valence-corrected chi connectivity index (χ3v) is 2.25. The first-order valence-corrected chi connectivity index (χ1v) is 4.67. The molecule has 0 saturated carbocycles. The van der Waals surface area contributed by atoms with Gasteiger partial charge in [0.05, 0.1) is 11.6 Å². The largest absolute Gasteiger partial charge is 0.303 e. The summed E-state index contributed by atoms with van der Waals surface area (Å²) in [5.74, 6) is 0.946. The van der Waals surface area contributed by atoms with E-state index < -0.39 is 17.7 Å². The lowest BCUT2D eigenvalue weighted by atomic mass is 10.1. The van der Waals surface area contributed by atoms with Gasteiger partial charge in [-0.05, 0) is 19.2 Å². The maximum absolute atomic E-state index is 13.3. The van der Waals surface area contributed by atoms with E-state index >= 15 is 0 Å². The van der Waals surface area contributed by atoms with Crippen LogP contribution < -0.4 is 5.32 Å². The van der Waals surface area contributed by atoms with Gasteiger partial charge < -0.3 is 5.32 Å². The zero-order chi connectivity index (χ0) is 10.7. The molecule has 1 nitrogen and oxygen atoms in total. The number of nitrogens with one attached hydrogen (secondary N) is 1. The van der Waals surface area contributed by atoms with Crippen molar-refractivity contribution in [3.05, 3.63) is 33.8 Å². The first-order valence-electron chi connectivity index (χ1n) is 3.88. The molecular formula is C10H8BrF2N. The molecule has 1 unspecified atom stereocenters. The summed E-state index contributed by atoms with van der Waals surface area (Å²) in [6, 6.07) is 1.61. The number of terminal acetylenes is 1. The number of hydrogen-bond acceptors (Lipinski definition) is 1. The monoisotopic (exact) mass is 259 g/mol. The number of benzene rings is 1. The fraction of sp³-hybridized carbons (Fsp3) is 0.200. The highest BCUT2D eigenvalue weighted by molar-refractivity contribution is 9.10. The molecule has 4 heteroatoms. The van der Waals surface area contributed by atoms with Gasteiger partial charge in [0.25, 0.3) is 0 Å². The predicted octanol–water partition coefficient (Wildman–Crippen LogP) is 2.62. The van der Waals surface area contributed by atoms with E-state index in [0.717, 1.165) is 0 Å². The molecule has 14 heavy (non-hydrogen) atoms. The van der Waals surface area contributed by atoms with Crippen molar-refractivity contribution < 1.29 is 8.78 Å². The van der Waals surface area contributed by atoms with Crippen molar-refractivity contribution >= 4 is 15.9 Å². The Morgan fingerprint density at radius 1 is 1.43 bits per heavy atom. The molecule has 0 aromatic heterocycles. The SMILES string of the molecule is C#CC(NC)c1c(F)cc(Br)cc1F. The lowest BCUT2D eigenvalue weighted by Gasteiger charge is -2.12. The van der Waals surface area contributed by atoms with E-state index in [1.165, 1.54) is 12.1 Å². The molecular weight excluding hydrogens is 252 g/mol. The summed E-state index contributed by atoms with van der Waals surface area (Å²) < 4.78 is 27.0. The molecule has 1 aromatic rings. The fourth-order valence-corrected chi connectivity index (χ4v) is 1.54. The van der Waals surface area contributed by atoms with Crippen LogP contribution in [-0.2, 0) is 0 Å². The maximum atomic E-state index is 13.3. The van der Waals surface area contributed by atoms with Crippen molar-refractivity contribution in [2.24, 2.45) is 0 Å². The molecule has 0 aliphatic heterocycles. The Bertz CT molecular complexity index is 361. The normalized spacial score (nSPS) is 12.2. The Balaban J connectivity index is 3.28. The van der Waals surface area contributed by atoms with Crippen molar-refractivity contribution in [2.45, 2.75) is 6.04 Å². The quantitative estimate of drug-likeness (QED) is 0.806. The molecule has 0 saturated heterocycles. The summed E-state index contributed by atoms with van der Waals surface area (Å²) in [5, 5.41) is 2.64. The van der Waals surface area contributed by atoms with Crippen LogP contribution in [0.1, 0.15) is 11.6 Å². The second kappa shape index (κ2) is 4.54. The molecule has 0 fully saturated rings. The van der Waals surface area contributed by atoms with E-state index in [4.69, 9.17) is 6.42 Å². The summed E-state index contributed by atoms with van der Waals surface area (Å²) in [5.41, 5.74) is -0.127. The van der Waals surface area contributed by atoms with Gasteiger partial charge in [-0.25, -0.2) is 8.78 Å². The smallest absolute Gasteiger partial charge is 0.133 e. The first-order chi connectivity index (χ1) is 6.60. The van der Waals surface area contributed by atoms with Gasteiger partial charge in [0, 0.05) is 4.47 Å². The number of rotatable bonds is 2. The average molecular weight is 260 g/mol. The van der Waals surface area contributed by atoms with Crippen LogP contribution in [0.3, 0.4) is 0 Å². The van der Waals surface area contributed by atoms with Crippen LogP contribution in [0.5, 0.6) is 0 Å². The van der Waals surface area contributed by atoms with E-state index in [1.807, 2.05) is 0 Å². The summed E-state index contributed by atoms with van der Waals surface area (Å²) in [6.45, 7) is 0. The molecule has 0 aliphatic carbocycles. The molecule has 0 amide bonds. The zero-order valence-corrected chi connectivity index (χ0v) is 9.03. The van der Waals surface area contributed by atoms with Gasteiger partial charge in [0.15, 0.2) is 0 Å². The van der Waals surface area contributed by atoms with Gasteiger partial charge in [-0.1, -0.05) is 21.9 Å². The van der Waals surface area contributed by atoms with Crippen molar-refractivity contribution in [3.63, 3.8) is 0 Å². The van der Waals surface area contributed by atoms with E-state index in [0.29, 0.717) is 4.47 Å². The topological polar surface area (TPSA) is 12.0 Å². The molecule has 0 heterocycles. The lowest BCUT2D eigenvalue weighted by molar-refractivity contribution is 0.530. The summed E-state index contributed by atoms with van der Waals surface area (Å²) >= 11 is 2.99. The minimum absolute atomic E-state index is 0.127. The van der Waals surface area contributed by atoms with Crippen LogP contribution in [0.25, 0.3) is 0 Å². The second-order valence-electron chi connectivity index (χ2n) is 2.67. The fourth-order valence-electron chi connectivity index (χ4n) is 1.14. The lowest BCUT2D eigenvalue weighted by Crippen LogP contribution is -2.17. The average Bonchev–Trinajstić information content (AvgIpc) is 2.10. The van der Waals surface area contributed by atoms with Gasteiger partial charge in [0.2, 0.25) is 0 Å². The Morgan fingerprint density at radius 2 is 1.93 bits per heavy atom. The third-order valence-electron chi connectivity index (χ3n) is 1.79. The molecule has 0 bridgehead atoms. The molecule has 1 rings (SSSR count). The molecule has 1 N–H and O–H groups in total.